The van der Waals surface area contributed by atoms with E-state index in [1.165, 1.54) is 4.88 Å². The molecule has 1 aliphatic heterocycles. The lowest BCUT2D eigenvalue weighted by Crippen LogP contribution is -2.43. The topological polar surface area (TPSA) is 55.5 Å². The second-order valence-electron chi connectivity index (χ2n) is 4.68. The fourth-order valence-corrected chi connectivity index (χ4v) is 3.97. The van der Waals surface area contributed by atoms with Gasteiger partial charge in [0.15, 0.2) is 0 Å². The van der Waals surface area contributed by atoms with E-state index in [4.69, 9.17) is 10.5 Å². The zero-order valence-corrected chi connectivity index (χ0v) is 12.3. The Morgan fingerprint density at radius 2 is 2.47 bits per heavy atom. The predicted molar refractivity (Wildman–Crippen MR) is 73.3 cm³/mol. The maximum Gasteiger partial charge on any atom is 0.0972 e. The van der Waals surface area contributed by atoms with Crippen molar-refractivity contribution in [3.8, 4) is 0 Å². The first-order valence-corrected chi connectivity index (χ1v) is 7.42. The number of hydrogen-bond donors (Lipinski definition) is 2. The van der Waals surface area contributed by atoms with Crippen LogP contribution in [0.15, 0.2) is 10.5 Å². The van der Waals surface area contributed by atoms with E-state index in [9.17, 15) is 5.11 Å². The third kappa shape index (κ3) is 2.58. The molecule has 0 aliphatic carbocycles. The first-order chi connectivity index (χ1) is 8.09. The van der Waals surface area contributed by atoms with Gasteiger partial charge in [0.2, 0.25) is 0 Å². The number of thiophene rings is 1. The van der Waals surface area contributed by atoms with E-state index in [-0.39, 0.29) is 5.41 Å². The van der Waals surface area contributed by atoms with Crippen LogP contribution in [-0.4, -0.2) is 24.9 Å². The molecule has 1 aliphatic rings. The summed E-state index contributed by atoms with van der Waals surface area (Å²) in [6.45, 7) is 3.83. The van der Waals surface area contributed by atoms with Gasteiger partial charge in [0, 0.05) is 32.8 Å². The van der Waals surface area contributed by atoms with Crippen molar-refractivity contribution in [2.75, 3.05) is 19.8 Å². The van der Waals surface area contributed by atoms with Crippen LogP contribution < -0.4 is 5.73 Å². The minimum absolute atomic E-state index is 0.311. The number of aliphatic hydroxyl groups excluding tert-OH is 1. The van der Waals surface area contributed by atoms with Crippen LogP contribution in [0.3, 0.4) is 0 Å². The number of nitrogens with two attached hydrogens (primary N) is 1. The van der Waals surface area contributed by atoms with Gasteiger partial charge in [-0.2, -0.15) is 0 Å². The second kappa shape index (κ2) is 5.36. The summed E-state index contributed by atoms with van der Waals surface area (Å²) in [7, 11) is 0. The van der Waals surface area contributed by atoms with Crippen LogP contribution in [0.25, 0.3) is 0 Å². The van der Waals surface area contributed by atoms with Crippen LogP contribution in [0.1, 0.15) is 28.7 Å². The largest absolute Gasteiger partial charge is 0.387 e. The molecule has 2 unspecified atom stereocenters. The standard InChI is InChI=1S/C12H18BrNO2S/c1-8-9(13)5-10(17-8)11(15)12(6-14)3-2-4-16-7-12/h5,11,15H,2-4,6-7,14H2,1H3. The van der Waals surface area contributed by atoms with Gasteiger partial charge in [0.1, 0.15) is 0 Å². The Morgan fingerprint density at radius 1 is 1.71 bits per heavy atom. The molecule has 3 nitrogen and oxygen atoms in total. The highest BCUT2D eigenvalue weighted by molar-refractivity contribution is 9.10. The Hall–Kier alpha value is 0.0600. The smallest absolute Gasteiger partial charge is 0.0972 e. The van der Waals surface area contributed by atoms with E-state index in [1.54, 1.807) is 11.3 Å². The molecule has 5 heteroatoms. The normalized spacial score (nSPS) is 27.1. The van der Waals surface area contributed by atoms with Crippen LogP contribution in [0.2, 0.25) is 0 Å². The zero-order valence-electron chi connectivity index (χ0n) is 9.91. The lowest BCUT2D eigenvalue weighted by Gasteiger charge is -2.39. The third-order valence-corrected chi connectivity index (χ3v) is 5.67. The van der Waals surface area contributed by atoms with Crippen molar-refractivity contribution in [2.24, 2.45) is 11.1 Å². The van der Waals surface area contributed by atoms with Gasteiger partial charge in [-0.1, -0.05) is 0 Å². The number of hydrogen-bond acceptors (Lipinski definition) is 4. The summed E-state index contributed by atoms with van der Waals surface area (Å²) in [5, 5.41) is 10.6. The molecule has 0 aromatic carbocycles. The maximum absolute atomic E-state index is 10.6. The third-order valence-electron chi connectivity index (χ3n) is 3.49. The molecule has 1 aromatic rings. The molecule has 2 rings (SSSR count). The lowest BCUT2D eigenvalue weighted by molar-refractivity contribution is -0.0769. The molecule has 1 saturated heterocycles. The Bertz CT molecular complexity index is 368. The van der Waals surface area contributed by atoms with Crippen molar-refractivity contribution < 1.29 is 9.84 Å². The molecule has 3 N–H and O–H groups in total. The molecule has 0 spiro atoms. The van der Waals surface area contributed by atoms with E-state index >= 15 is 0 Å². The number of halogens is 1. The second-order valence-corrected chi connectivity index (χ2v) is 6.82. The molecule has 0 saturated carbocycles. The van der Waals surface area contributed by atoms with Gasteiger partial charge in [-0.3, -0.25) is 0 Å². The summed E-state index contributed by atoms with van der Waals surface area (Å²) in [5.41, 5.74) is 5.56. The highest BCUT2D eigenvalue weighted by Crippen LogP contribution is 2.43. The number of aliphatic hydroxyl groups is 1. The van der Waals surface area contributed by atoms with Gasteiger partial charge < -0.3 is 15.6 Å². The molecule has 1 aromatic heterocycles. The molecule has 0 amide bonds. The quantitative estimate of drug-likeness (QED) is 0.900. The molecule has 0 bridgehead atoms. The lowest BCUT2D eigenvalue weighted by atomic mass is 9.77. The first-order valence-electron chi connectivity index (χ1n) is 5.81. The van der Waals surface area contributed by atoms with Crippen molar-refractivity contribution in [3.63, 3.8) is 0 Å². The predicted octanol–water partition coefficient (Wildman–Crippen LogP) is 2.61. The number of aryl methyl sites for hydroxylation is 1. The number of rotatable bonds is 3. The molecule has 17 heavy (non-hydrogen) atoms. The molecule has 0 radical (unpaired) electrons. The van der Waals surface area contributed by atoms with Crippen molar-refractivity contribution in [1.82, 2.24) is 0 Å². The summed E-state index contributed by atoms with van der Waals surface area (Å²) in [6.07, 6.45) is 1.38. The fraction of sp³-hybridized carbons (Fsp3) is 0.667. The molecule has 2 atom stereocenters. The van der Waals surface area contributed by atoms with Gasteiger partial charge in [-0.15, -0.1) is 11.3 Å². The average Bonchev–Trinajstić information content (AvgIpc) is 2.69. The zero-order chi connectivity index (χ0) is 12.5. The molecule has 96 valence electrons. The van der Waals surface area contributed by atoms with Crippen molar-refractivity contribution in [3.05, 3.63) is 20.3 Å². The van der Waals surface area contributed by atoms with Gasteiger partial charge in [-0.05, 0) is 41.8 Å². The van der Waals surface area contributed by atoms with Crippen LogP contribution in [-0.2, 0) is 4.74 Å². The number of ether oxygens (including phenoxy) is 1. The minimum Gasteiger partial charge on any atom is -0.387 e. The first kappa shape index (κ1) is 13.5. The summed E-state index contributed by atoms with van der Waals surface area (Å²) in [5.74, 6) is 0. The van der Waals surface area contributed by atoms with E-state index in [2.05, 4.69) is 15.9 Å². The van der Waals surface area contributed by atoms with Gasteiger partial charge >= 0.3 is 0 Å². The van der Waals surface area contributed by atoms with Crippen LogP contribution in [0.5, 0.6) is 0 Å². The summed E-state index contributed by atoms with van der Waals surface area (Å²) >= 11 is 5.11. The Kier molecular flexibility index (Phi) is 4.26. The average molecular weight is 320 g/mol. The van der Waals surface area contributed by atoms with Gasteiger partial charge in [0.25, 0.3) is 0 Å². The SMILES string of the molecule is Cc1sc(C(O)C2(CN)CCCOC2)cc1Br. The Morgan fingerprint density at radius 3 is 2.94 bits per heavy atom. The van der Waals surface area contributed by atoms with Crippen LogP contribution in [0.4, 0.5) is 0 Å². The fourth-order valence-electron chi connectivity index (χ4n) is 2.28. The van der Waals surface area contributed by atoms with Crippen molar-refractivity contribution >= 4 is 27.3 Å². The molecule has 2 heterocycles. The maximum atomic E-state index is 10.6. The van der Waals surface area contributed by atoms with Crippen LogP contribution in [0, 0.1) is 12.3 Å². The molecular weight excluding hydrogens is 302 g/mol. The van der Waals surface area contributed by atoms with E-state index in [0.717, 1.165) is 28.8 Å². The summed E-state index contributed by atoms with van der Waals surface area (Å²) in [4.78, 5) is 2.16. The van der Waals surface area contributed by atoms with Gasteiger partial charge in [-0.25, -0.2) is 0 Å². The molecular formula is C12H18BrNO2S. The van der Waals surface area contributed by atoms with Gasteiger partial charge in [0.05, 0.1) is 12.7 Å². The summed E-state index contributed by atoms with van der Waals surface area (Å²) in [6, 6.07) is 2.00. The monoisotopic (exact) mass is 319 g/mol. The highest BCUT2D eigenvalue weighted by atomic mass is 79.9. The highest BCUT2D eigenvalue weighted by Gasteiger charge is 2.40. The minimum atomic E-state index is -0.525. The van der Waals surface area contributed by atoms with Crippen molar-refractivity contribution in [1.29, 1.82) is 0 Å². The van der Waals surface area contributed by atoms with E-state index < -0.39 is 6.10 Å². The van der Waals surface area contributed by atoms with E-state index in [0.29, 0.717) is 13.2 Å². The molecule has 1 fully saturated rings. The van der Waals surface area contributed by atoms with E-state index in [1.807, 2.05) is 13.0 Å². The van der Waals surface area contributed by atoms with Crippen LogP contribution >= 0.6 is 27.3 Å². The summed E-state index contributed by atoms with van der Waals surface area (Å²) < 4.78 is 6.56. The Balaban J connectivity index is 2.24. The van der Waals surface area contributed by atoms with Crippen molar-refractivity contribution in [2.45, 2.75) is 25.9 Å². The Labute approximate surface area is 114 Å².